The van der Waals surface area contributed by atoms with Crippen molar-refractivity contribution in [3.05, 3.63) is 0 Å². The third kappa shape index (κ3) is 17.4. The van der Waals surface area contributed by atoms with E-state index in [-0.39, 0.29) is 0 Å². The first-order valence-electron chi connectivity index (χ1n) is 8.43. The first-order valence-corrected chi connectivity index (χ1v) is 8.43. The maximum absolute atomic E-state index is 8.41. The first kappa shape index (κ1) is 18.4. The number of hydrogen-bond acceptors (Lipinski definition) is 1. The molecule has 1 radical (unpaired) electrons. The molecular weight excluding hydrogens is 232 g/mol. The molecule has 0 atom stereocenters. The molecule has 1 N–H and O–H groups in total. The van der Waals surface area contributed by atoms with Crippen LogP contribution in [0.1, 0.15) is 96.3 Å². The molecule has 0 amide bonds. The minimum Gasteiger partial charge on any atom is -0.258 e. The van der Waals surface area contributed by atoms with Gasteiger partial charge in [0, 0.05) is 13.0 Å². The molecule has 0 saturated heterocycles. The minimum absolute atomic E-state index is 0.608. The molecule has 0 aromatic heterocycles. The topological polar surface area (TPSA) is 47.6 Å². The molecule has 0 bridgehead atoms. The molecule has 0 aromatic carbocycles. The Kier molecular flexibility index (Phi) is 16.9. The van der Waals surface area contributed by atoms with E-state index in [0.717, 1.165) is 19.3 Å². The summed E-state index contributed by atoms with van der Waals surface area (Å²) in [5, 5.41) is 8.41. The lowest BCUT2D eigenvalue weighted by atomic mass is 10.0. The number of nitrogens with zero attached hydrogens (tertiary/aromatic N) is 1. The van der Waals surface area contributed by atoms with Crippen molar-refractivity contribution >= 4 is 0 Å². The fourth-order valence-corrected chi connectivity index (χ4v) is 2.45. The summed E-state index contributed by atoms with van der Waals surface area (Å²) in [4.78, 5) is 0. The Bertz CT molecular complexity index is 196. The van der Waals surface area contributed by atoms with Gasteiger partial charge < -0.3 is 0 Å². The molecule has 0 aliphatic heterocycles. The summed E-state index contributed by atoms with van der Waals surface area (Å²) in [6, 6.07) is 2.21. The summed E-state index contributed by atoms with van der Waals surface area (Å²) in [6.07, 6.45) is 19.2. The second-order valence-electron chi connectivity index (χ2n) is 5.61. The van der Waals surface area contributed by atoms with Crippen molar-refractivity contribution in [3.63, 3.8) is 0 Å². The van der Waals surface area contributed by atoms with E-state index >= 15 is 0 Å². The molecule has 0 aliphatic carbocycles. The van der Waals surface area contributed by atoms with E-state index in [2.05, 4.69) is 6.07 Å². The lowest BCUT2D eigenvalue weighted by Gasteiger charge is -2.02. The van der Waals surface area contributed by atoms with E-state index in [1.807, 2.05) is 0 Å². The van der Waals surface area contributed by atoms with E-state index < -0.39 is 0 Å². The standard InChI is InChI=1S/C17H33N2/c18-16-14-12-10-8-6-4-2-1-3-5-7-9-11-13-15-17-19/h18H,1-16H2. The minimum atomic E-state index is 0.608. The zero-order chi connectivity index (χ0) is 14.0. The first-order chi connectivity index (χ1) is 9.41. The van der Waals surface area contributed by atoms with E-state index in [0.29, 0.717) is 6.54 Å². The zero-order valence-electron chi connectivity index (χ0n) is 12.8. The summed E-state index contributed by atoms with van der Waals surface area (Å²) < 4.78 is 0. The van der Waals surface area contributed by atoms with Crippen LogP contribution in [-0.2, 0) is 0 Å². The molecule has 111 valence electrons. The van der Waals surface area contributed by atoms with Crippen molar-refractivity contribution < 1.29 is 0 Å². The number of rotatable bonds is 15. The average molecular weight is 265 g/mol. The SMILES string of the molecule is N#CCCCCCCCCCCCCCCCC[NH]. The maximum Gasteiger partial charge on any atom is 0.0621 e. The van der Waals surface area contributed by atoms with Crippen molar-refractivity contribution in [3.8, 4) is 6.07 Å². The van der Waals surface area contributed by atoms with Crippen LogP contribution >= 0.6 is 0 Å². The Morgan fingerprint density at radius 3 is 1.16 bits per heavy atom. The summed E-state index contributed by atoms with van der Waals surface area (Å²) in [5.41, 5.74) is 7.06. The molecule has 0 spiro atoms. The second-order valence-corrected chi connectivity index (χ2v) is 5.61. The van der Waals surface area contributed by atoms with Gasteiger partial charge >= 0.3 is 0 Å². The third-order valence-corrected chi connectivity index (χ3v) is 3.72. The van der Waals surface area contributed by atoms with Crippen LogP contribution in [0, 0.1) is 11.3 Å². The average Bonchev–Trinajstić information content (AvgIpc) is 2.43. The van der Waals surface area contributed by atoms with Crippen LogP contribution in [0.5, 0.6) is 0 Å². The van der Waals surface area contributed by atoms with Gasteiger partial charge in [-0.05, 0) is 12.8 Å². The Labute approximate surface area is 120 Å². The van der Waals surface area contributed by atoms with Gasteiger partial charge in [0.1, 0.15) is 0 Å². The molecule has 0 heterocycles. The maximum atomic E-state index is 8.41. The summed E-state index contributed by atoms with van der Waals surface area (Å²) in [7, 11) is 0. The third-order valence-electron chi connectivity index (χ3n) is 3.72. The highest BCUT2D eigenvalue weighted by Gasteiger charge is 1.94. The van der Waals surface area contributed by atoms with Gasteiger partial charge in [-0.15, -0.1) is 0 Å². The zero-order valence-corrected chi connectivity index (χ0v) is 12.8. The number of nitrogens with one attached hydrogen (secondary N) is 1. The van der Waals surface area contributed by atoms with Crippen LogP contribution in [0.3, 0.4) is 0 Å². The smallest absolute Gasteiger partial charge is 0.0621 e. The van der Waals surface area contributed by atoms with Crippen molar-refractivity contribution in [1.29, 1.82) is 5.26 Å². The Balaban J connectivity index is 2.90. The van der Waals surface area contributed by atoms with Gasteiger partial charge in [0.15, 0.2) is 0 Å². The lowest BCUT2D eigenvalue weighted by molar-refractivity contribution is 0.534. The van der Waals surface area contributed by atoms with E-state index in [1.165, 1.54) is 77.0 Å². The van der Waals surface area contributed by atoms with E-state index in [4.69, 9.17) is 11.0 Å². The van der Waals surface area contributed by atoms with E-state index in [9.17, 15) is 0 Å². The number of unbranched alkanes of at least 4 members (excludes halogenated alkanes) is 14. The highest BCUT2D eigenvalue weighted by molar-refractivity contribution is 4.67. The predicted molar refractivity (Wildman–Crippen MR) is 82.8 cm³/mol. The Hall–Kier alpha value is -0.550. The quantitative estimate of drug-likeness (QED) is 0.353. The van der Waals surface area contributed by atoms with E-state index in [1.54, 1.807) is 0 Å². The second kappa shape index (κ2) is 17.4. The van der Waals surface area contributed by atoms with Crippen molar-refractivity contribution in [2.24, 2.45) is 0 Å². The molecule has 0 aliphatic rings. The van der Waals surface area contributed by atoms with Gasteiger partial charge in [-0.2, -0.15) is 5.26 Å². The molecule has 0 rings (SSSR count). The summed E-state index contributed by atoms with van der Waals surface area (Å²) in [6.45, 7) is 0.608. The van der Waals surface area contributed by atoms with Gasteiger partial charge in [0.05, 0.1) is 6.07 Å². The van der Waals surface area contributed by atoms with Gasteiger partial charge in [-0.1, -0.05) is 77.0 Å². The number of nitriles is 1. The lowest BCUT2D eigenvalue weighted by Crippen LogP contribution is -1.86. The molecule has 0 saturated carbocycles. The Morgan fingerprint density at radius 2 is 0.842 bits per heavy atom. The van der Waals surface area contributed by atoms with Crippen molar-refractivity contribution in [2.75, 3.05) is 6.54 Å². The van der Waals surface area contributed by atoms with Crippen molar-refractivity contribution in [2.45, 2.75) is 96.3 Å². The number of hydrogen-bond donors (Lipinski definition) is 0. The Morgan fingerprint density at radius 1 is 0.526 bits per heavy atom. The molecule has 0 fully saturated rings. The molecule has 2 nitrogen and oxygen atoms in total. The van der Waals surface area contributed by atoms with Crippen molar-refractivity contribution in [1.82, 2.24) is 5.73 Å². The molecule has 0 aromatic rings. The van der Waals surface area contributed by atoms with Crippen LogP contribution in [0.2, 0.25) is 0 Å². The highest BCUT2D eigenvalue weighted by Crippen LogP contribution is 2.13. The van der Waals surface area contributed by atoms with Crippen LogP contribution in [-0.4, -0.2) is 6.54 Å². The van der Waals surface area contributed by atoms with Crippen LogP contribution in [0.4, 0.5) is 0 Å². The van der Waals surface area contributed by atoms with Gasteiger partial charge in [-0.25, -0.2) is 0 Å². The fourth-order valence-electron chi connectivity index (χ4n) is 2.45. The van der Waals surface area contributed by atoms with Crippen LogP contribution in [0.25, 0.3) is 0 Å². The molecule has 2 heteroatoms. The molecule has 0 unspecified atom stereocenters. The molecule has 19 heavy (non-hydrogen) atoms. The monoisotopic (exact) mass is 265 g/mol. The molecular formula is C17H33N2. The normalized spacial score (nSPS) is 10.5. The highest BCUT2D eigenvalue weighted by atomic mass is 14.5. The van der Waals surface area contributed by atoms with Gasteiger partial charge in [0.2, 0.25) is 0 Å². The fraction of sp³-hybridized carbons (Fsp3) is 0.941. The summed E-state index contributed by atoms with van der Waals surface area (Å²) in [5.74, 6) is 0. The predicted octanol–water partition coefficient (Wildman–Crippen LogP) is 5.64. The largest absolute Gasteiger partial charge is 0.258 e. The van der Waals surface area contributed by atoms with Gasteiger partial charge in [-0.3, -0.25) is 5.73 Å². The van der Waals surface area contributed by atoms with Crippen LogP contribution in [0.15, 0.2) is 0 Å². The van der Waals surface area contributed by atoms with Gasteiger partial charge in [0.25, 0.3) is 0 Å². The van der Waals surface area contributed by atoms with Crippen LogP contribution < -0.4 is 5.73 Å². The summed E-state index contributed by atoms with van der Waals surface area (Å²) >= 11 is 0.